The Morgan fingerprint density at radius 3 is 2.90 bits per heavy atom. The molecule has 29 heavy (non-hydrogen) atoms. The van der Waals surface area contributed by atoms with E-state index < -0.39 is 0 Å². The first-order valence-electron chi connectivity index (χ1n) is 9.51. The van der Waals surface area contributed by atoms with Gasteiger partial charge < -0.3 is 20.2 Å². The maximum absolute atomic E-state index is 13.3. The number of nitrogens with zero attached hydrogens (tertiary/aromatic N) is 3. The zero-order chi connectivity index (χ0) is 20.1. The van der Waals surface area contributed by atoms with Crippen molar-refractivity contribution in [3.8, 4) is 5.69 Å². The number of H-pyrrole nitrogens is 1. The smallest absolute Gasteiger partial charge is 0.191 e. The number of fused-ring (bicyclic) bond motifs is 1. The molecule has 0 aliphatic heterocycles. The lowest BCUT2D eigenvalue weighted by Crippen LogP contribution is -2.38. The lowest BCUT2D eigenvalue weighted by Gasteiger charge is -2.14. The molecule has 0 atom stereocenters. The van der Waals surface area contributed by atoms with Gasteiger partial charge in [-0.1, -0.05) is 18.2 Å². The zero-order valence-corrected chi connectivity index (χ0v) is 16.2. The van der Waals surface area contributed by atoms with Crippen LogP contribution in [0.15, 0.2) is 72.4 Å². The van der Waals surface area contributed by atoms with E-state index in [1.807, 2.05) is 35.2 Å². The number of nitrogens with one attached hydrogen (secondary N) is 3. The molecule has 4 aromatic rings. The molecule has 0 bridgehead atoms. The number of halogens is 1. The summed E-state index contributed by atoms with van der Waals surface area (Å²) in [5.41, 5.74) is 4.19. The van der Waals surface area contributed by atoms with Gasteiger partial charge in [0.2, 0.25) is 0 Å². The zero-order valence-electron chi connectivity index (χ0n) is 16.2. The van der Waals surface area contributed by atoms with Gasteiger partial charge in [0.05, 0.1) is 12.0 Å². The minimum atomic E-state index is -0.232. The van der Waals surface area contributed by atoms with Gasteiger partial charge in [-0.3, -0.25) is 4.99 Å². The summed E-state index contributed by atoms with van der Waals surface area (Å²) in [6.07, 6.45) is 8.23. The van der Waals surface area contributed by atoms with Crippen molar-refractivity contribution < 1.29 is 4.39 Å². The van der Waals surface area contributed by atoms with Crippen molar-refractivity contribution >= 4 is 16.9 Å². The Balaban J connectivity index is 1.35. The molecule has 0 unspecified atom stereocenters. The number of hydrogen-bond donors (Lipinski definition) is 3. The van der Waals surface area contributed by atoms with Crippen LogP contribution < -0.4 is 10.6 Å². The fourth-order valence-electron chi connectivity index (χ4n) is 3.39. The van der Waals surface area contributed by atoms with Crippen LogP contribution in [-0.2, 0) is 13.0 Å². The van der Waals surface area contributed by atoms with E-state index in [-0.39, 0.29) is 5.82 Å². The number of aromatic nitrogens is 3. The maximum atomic E-state index is 13.3. The van der Waals surface area contributed by atoms with E-state index in [0.29, 0.717) is 13.1 Å². The van der Waals surface area contributed by atoms with Crippen molar-refractivity contribution in [2.75, 3.05) is 13.6 Å². The highest BCUT2D eigenvalue weighted by molar-refractivity contribution is 5.83. The van der Waals surface area contributed by atoms with Crippen molar-refractivity contribution in [1.29, 1.82) is 0 Å². The van der Waals surface area contributed by atoms with E-state index in [1.54, 1.807) is 19.6 Å². The van der Waals surface area contributed by atoms with Crippen molar-refractivity contribution in [1.82, 2.24) is 25.2 Å². The highest BCUT2D eigenvalue weighted by atomic mass is 19.1. The van der Waals surface area contributed by atoms with Gasteiger partial charge in [0.15, 0.2) is 5.96 Å². The SMILES string of the molecule is CN=C(NCCc1c[nH]c2cc(F)ccc12)NCc1ccccc1-n1ccnc1. The second-order valence-electron chi connectivity index (χ2n) is 6.71. The molecule has 3 N–H and O–H groups in total. The average Bonchev–Trinajstić information content (AvgIpc) is 3.41. The molecule has 0 radical (unpaired) electrons. The summed E-state index contributed by atoms with van der Waals surface area (Å²) in [4.78, 5) is 11.6. The van der Waals surface area contributed by atoms with E-state index in [0.717, 1.165) is 40.1 Å². The number of hydrogen-bond acceptors (Lipinski definition) is 2. The summed E-state index contributed by atoms with van der Waals surface area (Å²) in [6.45, 7) is 1.35. The largest absolute Gasteiger partial charge is 0.361 e. The Hall–Kier alpha value is -3.61. The molecule has 0 aliphatic carbocycles. The molecule has 2 aromatic heterocycles. The fraction of sp³-hybridized carbons (Fsp3) is 0.182. The minimum absolute atomic E-state index is 0.232. The van der Waals surface area contributed by atoms with Crippen LogP contribution in [0.4, 0.5) is 4.39 Å². The topological polar surface area (TPSA) is 70.0 Å². The predicted molar refractivity (Wildman–Crippen MR) is 114 cm³/mol. The quantitative estimate of drug-likeness (QED) is 0.349. The van der Waals surface area contributed by atoms with Gasteiger partial charge in [0, 0.05) is 49.6 Å². The first kappa shape index (κ1) is 18.7. The predicted octanol–water partition coefficient (Wildman–Crippen LogP) is 3.40. The Labute approximate surface area is 168 Å². The maximum Gasteiger partial charge on any atom is 0.191 e. The van der Waals surface area contributed by atoms with E-state index >= 15 is 0 Å². The van der Waals surface area contributed by atoms with E-state index in [9.17, 15) is 4.39 Å². The van der Waals surface area contributed by atoms with Crippen LogP contribution in [0, 0.1) is 5.82 Å². The van der Waals surface area contributed by atoms with Crippen molar-refractivity contribution in [3.05, 3.63) is 84.3 Å². The molecule has 0 spiro atoms. The number of aliphatic imine (C=N–C) groups is 1. The minimum Gasteiger partial charge on any atom is -0.361 e. The Morgan fingerprint density at radius 1 is 1.17 bits per heavy atom. The van der Waals surface area contributed by atoms with Crippen molar-refractivity contribution in [2.24, 2.45) is 4.99 Å². The van der Waals surface area contributed by atoms with Gasteiger partial charge in [0.1, 0.15) is 5.82 Å². The van der Waals surface area contributed by atoms with E-state index in [2.05, 4.69) is 37.7 Å². The van der Waals surface area contributed by atoms with Gasteiger partial charge >= 0.3 is 0 Å². The summed E-state index contributed by atoms with van der Waals surface area (Å²) < 4.78 is 15.3. The van der Waals surface area contributed by atoms with Crippen LogP contribution in [0.3, 0.4) is 0 Å². The Morgan fingerprint density at radius 2 is 2.07 bits per heavy atom. The Bertz CT molecular complexity index is 1110. The molecule has 7 heteroatoms. The third-order valence-corrected chi connectivity index (χ3v) is 4.86. The molecular formula is C22H23FN6. The molecule has 148 valence electrons. The molecule has 0 fully saturated rings. The highest BCUT2D eigenvalue weighted by Crippen LogP contribution is 2.19. The summed E-state index contributed by atoms with van der Waals surface area (Å²) in [6, 6.07) is 13.0. The van der Waals surface area contributed by atoms with Crippen molar-refractivity contribution in [3.63, 3.8) is 0 Å². The molecule has 0 saturated carbocycles. The van der Waals surface area contributed by atoms with Crippen LogP contribution in [0.2, 0.25) is 0 Å². The highest BCUT2D eigenvalue weighted by Gasteiger charge is 2.07. The molecule has 0 saturated heterocycles. The molecular weight excluding hydrogens is 367 g/mol. The van der Waals surface area contributed by atoms with Gasteiger partial charge in [-0.05, 0) is 41.8 Å². The Kier molecular flexibility index (Phi) is 5.56. The van der Waals surface area contributed by atoms with Crippen LogP contribution in [0.5, 0.6) is 0 Å². The normalized spacial score (nSPS) is 11.7. The molecule has 0 aliphatic rings. The number of guanidine groups is 1. The molecule has 0 amide bonds. The molecule has 4 rings (SSSR count). The molecule has 6 nitrogen and oxygen atoms in total. The van der Waals surface area contributed by atoms with Crippen LogP contribution >= 0.6 is 0 Å². The fourth-order valence-corrected chi connectivity index (χ4v) is 3.39. The third kappa shape index (κ3) is 4.29. The third-order valence-electron chi connectivity index (χ3n) is 4.86. The second kappa shape index (κ2) is 8.60. The summed E-state index contributed by atoms with van der Waals surface area (Å²) in [5, 5.41) is 7.75. The standard InChI is InChI=1S/C22H23FN6/c1-24-22(26-9-8-16-13-27-20-12-18(23)6-7-19(16)20)28-14-17-4-2-3-5-21(17)29-11-10-25-15-29/h2-7,10-13,15,27H,8-9,14H2,1H3,(H2,24,26,28). The first-order valence-corrected chi connectivity index (χ1v) is 9.51. The van der Waals surface area contributed by atoms with Crippen molar-refractivity contribution in [2.45, 2.75) is 13.0 Å². The number of para-hydroxylation sites is 1. The summed E-state index contributed by atoms with van der Waals surface area (Å²) in [7, 11) is 1.76. The monoisotopic (exact) mass is 390 g/mol. The first-order chi connectivity index (χ1) is 14.2. The number of imidazole rings is 1. The summed E-state index contributed by atoms with van der Waals surface area (Å²) in [5.74, 6) is 0.501. The van der Waals surface area contributed by atoms with E-state index in [4.69, 9.17) is 0 Å². The lowest BCUT2D eigenvalue weighted by atomic mass is 10.1. The van der Waals surface area contributed by atoms with Gasteiger partial charge in [-0.2, -0.15) is 0 Å². The number of benzene rings is 2. The van der Waals surface area contributed by atoms with Crippen LogP contribution in [0.25, 0.3) is 16.6 Å². The van der Waals surface area contributed by atoms with Crippen LogP contribution in [0.1, 0.15) is 11.1 Å². The lowest BCUT2D eigenvalue weighted by molar-refractivity contribution is 0.629. The second-order valence-corrected chi connectivity index (χ2v) is 6.71. The molecule has 2 aromatic carbocycles. The number of rotatable bonds is 6. The van der Waals surface area contributed by atoms with Gasteiger partial charge in [-0.15, -0.1) is 0 Å². The number of aromatic amines is 1. The van der Waals surface area contributed by atoms with Crippen LogP contribution in [-0.4, -0.2) is 34.1 Å². The van der Waals surface area contributed by atoms with Gasteiger partial charge in [0.25, 0.3) is 0 Å². The summed E-state index contributed by atoms with van der Waals surface area (Å²) >= 11 is 0. The van der Waals surface area contributed by atoms with Gasteiger partial charge in [-0.25, -0.2) is 9.37 Å². The molecule has 2 heterocycles. The van der Waals surface area contributed by atoms with E-state index in [1.165, 1.54) is 12.1 Å². The average molecular weight is 390 g/mol.